The van der Waals surface area contributed by atoms with E-state index >= 15 is 0 Å². The molecule has 2 aliphatic rings. The number of fused-ring (bicyclic) bond motifs is 1. The predicted octanol–water partition coefficient (Wildman–Crippen LogP) is 2.53. The van der Waals surface area contributed by atoms with Crippen LogP contribution in [0.25, 0.3) is 5.65 Å². The van der Waals surface area contributed by atoms with Gasteiger partial charge in [0.05, 0.1) is 13.2 Å². The van der Waals surface area contributed by atoms with Crippen LogP contribution in [0.15, 0.2) is 24.4 Å². The zero-order valence-electron chi connectivity index (χ0n) is 15.3. The summed E-state index contributed by atoms with van der Waals surface area (Å²) >= 11 is 0. The Balaban J connectivity index is 1.30. The second kappa shape index (κ2) is 8.07. The van der Waals surface area contributed by atoms with Crippen LogP contribution in [0.1, 0.15) is 31.4 Å². The number of piperidine rings is 1. The second-order valence-corrected chi connectivity index (χ2v) is 7.35. The number of nitrogens with zero attached hydrogens (tertiary/aromatic N) is 5. The molecule has 2 aliphatic heterocycles. The molecule has 0 bridgehead atoms. The van der Waals surface area contributed by atoms with Crippen molar-refractivity contribution in [2.24, 2.45) is 5.92 Å². The van der Waals surface area contributed by atoms with Crippen molar-refractivity contribution in [3.63, 3.8) is 0 Å². The van der Waals surface area contributed by atoms with Gasteiger partial charge in [0.2, 0.25) is 0 Å². The van der Waals surface area contributed by atoms with Gasteiger partial charge in [-0.05, 0) is 50.3 Å². The number of ether oxygens (including phenoxy) is 1. The molecule has 2 aromatic rings. The van der Waals surface area contributed by atoms with Gasteiger partial charge in [-0.1, -0.05) is 6.07 Å². The summed E-state index contributed by atoms with van der Waals surface area (Å²) in [5.41, 5.74) is 1.51. The Hall–Kier alpha value is -2.10. The number of imidazole rings is 1. The Labute approximate surface area is 155 Å². The van der Waals surface area contributed by atoms with Crippen LogP contribution in [0.4, 0.5) is 5.82 Å². The van der Waals surface area contributed by atoms with E-state index < -0.39 is 0 Å². The van der Waals surface area contributed by atoms with Crippen LogP contribution in [0.3, 0.4) is 0 Å². The first-order valence-corrected chi connectivity index (χ1v) is 9.77. The largest absolute Gasteiger partial charge is 0.379 e. The van der Waals surface area contributed by atoms with E-state index in [-0.39, 0.29) is 0 Å². The molecule has 2 fully saturated rings. The Bertz CT molecular complexity index is 766. The molecule has 0 spiro atoms. The van der Waals surface area contributed by atoms with Crippen molar-refractivity contribution in [1.82, 2.24) is 14.3 Å². The summed E-state index contributed by atoms with van der Waals surface area (Å²) in [6.07, 6.45) is 6.90. The average Bonchev–Trinajstić information content (AvgIpc) is 3.08. The monoisotopic (exact) mass is 353 g/mol. The van der Waals surface area contributed by atoms with Crippen molar-refractivity contribution >= 4 is 11.5 Å². The van der Waals surface area contributed by atoms with Crippen molar-refractivity contribution in [3.05, 3.63) is 30.1 Å². The minimum absolute atomic E-state index is 0.659. The number of rotatable bonds is 5. The zero-order chi connectivity index (χ0) is 17.8. The fourth-order valence-corrected chi connectivity index (χ4v) is 4.17. The number of aromatic nitrogens is 2. The van der Waals surface area contributed by atoms with Crippen molar-refractivity contribution in [2.45, 2.75) is 25.7 Å². The molecule has 2 aromatic heterocycles. The number of hydrogen-bond acceptors (Lipinski definition) is 5. The second-order valence-electron chi connectivity index (χ2n) is 7.35. The molecular weight excluding hydrogens is 326 g/mol. The molecule has 2 saturated heterocycles. The molecule has 0 N–H and O–H groups in total. The van der Waals surface area contributed by atoms with Crippen LogP contribution in [0.2, 0.25) is 0 Å². The third kappa shape index (κ3) is 3.69. The summed E-state index contributed by atoms with van der Waals surface area (Å²) in [5, 5.41) is 9.58. The summed E-state index contributed by atoms with van der Waals surface area (Å²) in [7, 11) is 0. The van der Waals surface area contributed by atoms with Gasteiger partial charge in [0.15, 0.2) is 11.5 Å². The lowest BCUT2D eigenvalue weighted by Gasteiger charge is -2.33. The molecule has 0 unspecified atom stereocenters. The molecule has 4 heterocycles. The van der Waals surface area contributed by atoms with Crippen LogP contribution in [0, 0.1) is 17.2 Å². The highest BCUT2D eigenvalue weighted by Gasteiger charge is 2.24. The highest BCUT2D eigenvalue weighted by Crippen LogP contribution is 2.28. The SMILES string of the molecule is N#Cc1c(N2CCC(CCCN3CCOCC3)CC2)nc2ccccn12. The highest BCUT2D eigenvalue weighted by atomic mass is 16.5. The topological polar surface area (TPSA) is 56.8 Å². The van der Waals surface area contributed by atoms with Crippen molar-refractivity contribution < 1.29 is 4.74 Å². The lowest BCUT2D eigenvalue weighted by atomic mass is 9.92. The lowest BCUT2D eigenvalue weighted by Crippen LogP contribution is -2.37. The number of pyridine rings is 1. The number of morpholine rings is 1. The third-order valence-corrected chi connectivity index (χ3v) is 5.72. The minimum Gasteiger partial charge on any atom is -0.379 e. The maximum absolute atomic E-state index is 9.58. The fourth-order valence-electron chi connectivity index (χ4n) is 4.17. The van der Waals surface area contributed by atoms with Crippen molar-refractivity contribution in [2.75, 3.05) is 50.8 Å². The zero-order valence-corrected chi connectivity index (χ0v) is 15.3. The third-order valence-electron chi connectivity index (χ3n) is 5.72. The predicted molar refractivity (Wildman–Crippen MR) is 101 cm³/mol. The van der Waals surface area contributed by atoms with E-state index in [0.29, 0.717) is 5.69 Å². The van der Waals surface area contributed by atoms with Crippen LogP contribution < -0.4 is 4.90 Å². The van der Waals surface area contributed by atoms with E-state index in [1.54, 1.807) is 0 Å². The molecule has 26 heavy (non-hydrogen) atoms. The number of nitriles is 1. The summed E-state index contributed by atoms with van der Waals surface area (Å²) in [4.78, 5) is 9.52. The van der Waals surface area contributed by atoms with Crippen molar-refractivity contribution in [1.29, 1.82) is 5.26 Å². The summed E-state index contributed by atoms with van der Waals surface area (Å²) in [6.45, 7) is 7.15. The average molecular weight is 353 g/mol. The molecule has 138 valence electrons. The maximum atomic E-state index is 9.58. The van der Waals surface area contributed by atoms with Gasteiger partial charge < -0.3 is 9.64 Å². The van der Waals surface area contributed by atoms with E-state index in [9.17, 15) is 5.26 Å². The number of anilines is 1. The molecule has 0 radical (unpaired) electrons. The van der Waals surface area contributed by atoms with Gasteiger partial charge in [-0.15, -0.1) is 0 Å². The van der Waals surface area contributed by atoms with E-state index in [1.807, 2.05) is 28.8 Å². The molecule has 0 aliphatic carbocycles. The van der Waals surface area contributed by atoms with Crippen molar-refractivity contribution in [3.8, 4) is 6.07 Å². The lowest BCUT2D eigenvalue weighted by molar-refractivity contribution is 0.0365. The Morgan fingerprint density at radius 1 is 1.15 bits per heavy atom. The quantitative estimate of drug-likeness (QED) is 0.827. The molecular formula is C20H27N5O. The van der Waals surface area contributed by atoms with Crippen LogP contribution in [0.5, 0.6) is 0 Å². The summed E-state index contributed by atoms with van der Waals surface area (Å²) in [6, 6.07) is 8.21. The van der Waals surface area contributed by atoms with Gasteiger partial charge in [0, 0.05) is 32.4 Å². The van der Waals surface area contributed by atoms with Gasteiger partial charge in [-0.3, -0.25) is 9.30 Å². The van der Waals surface area contributed by atoms with Crippen LogP contribution >= 0.6 is 0 Å². The van der Waals surface area contributed by atoms with Gasteiger partial charge in [0.1, 0.15) is 11.7 Å². The molecule has 0 amide bonds. The smallest absolute Gasteiger partial charge is 0.169 e. The highest BCUT2D eigenvalue weighted by molar-refractivity contribution is 5.60. The normalized spacial score (nSPS) is 19.7. The van der Waals surface area contributed by atoms with Gasteiger partial charge in [-0.2, -0.15) is 5.26 Å². The molecule has 0 aromatic carbocycles. The van der Waals surface area contributed by atoms with Gasteiger partial charge in [0.25, 0.3) is 0 Å². The maximum Gasteiger partial charge on any atom is 0.169 e. The van der Waals surface area contributed by atoms with Gasteiger partial charge in [-0.25, -0.2) is 4.98 Å². The molecule has 6 nitrogen and oxygen atoms in total. The first-order chi connectivity index (χ1) is 12.8. The summed E-state index contributed by atoms with van der Waals surface area (Å²) < 4.78 is 7.31. The van der Waals surface area contributed by atoms with E-state index in [1.165, 1.54) is 32.2 Å². The van der Waals surface area contributed by atoms with E-state index in [4.69, 9.17) is 9.72 Å². The van der Waals surface area contributed by atoms with Gasteiger partial charge >= 0.3 is 0 Å². The molecule has 0 atom stereocenters. The standard InChI is InChI=1S/C20H27N5O/c21-16-18-20(22-19-5-1-2-9-25(18)19)24-10-6-17(7-11-24)4-3-8-23-12-14-26-15-13-23/h1-2,5,9,17H,3-4,6-8,10-15H2. The fraction of sp³-hybridized carbons (Fsp3) is 0.600. The number of hydrogen-bond donors (Lipinski definition) is 0. The molecule has 0 saturated carbocycles. The minimum atomic E-state index is 0.659. The molecule has 4 rings (SSSR count). The Morgan fingerprint density at radius 3 is 2.73 bits per heavy atom. The first kappa shape index (κ1) is 17.3. The van der Waals surface area contributed by atoms with Crippen LogP contribution in [-0.2, 0) is 4.74 Å². The van der Waals surface area contributed by atoms with E-state index in [0.717, 1.165) is 56.8 Å². The summed E-state index contributed by atoms with van der Waals surface area (Å²) in [5.74, 6) is 1.65. The molecule has 6 heteroatoms. The van der Waals surface area contributed by atoms with Crippen LogP contribution in [-0.4, -0.2) is 60.2 Å². The van der Waals surface area contributed by atoms with E-state index in [2.05, 4.69) is 15.9 Å². The first-order valence-electron chi connectivity index (χ1n) is 9.77. The Kier molecular flexibility index (Phi) is 5.37. The Morgan fingerprint density at radius 2 is 1.96 bits per heavy atom.